The van der Waals surface area contributed by atoms with Crippen molar-refractivity contribution in [3.63, 3.8) is 0 Å². The van der Waals surface area contributed by atoms with Crippen molar-refractivity contribution in [2.75, 3.05) is 18.6 Å². The van der Waals surface area contributed by atoms with Crippen molar-refractivity contribution in [2.24, 2.45) is 4.99 Å². The number of likely N-dealkylation sites (N-methyl/N-ethyl adjacent to an activating group) is 1. The molecule has 2 aliphatic heterocycles. The molecule has 0 amide bonds. The summed E-state index contributed by atoms with van der Waals surface area (Å²) in [5, 5.41) is 10.6. The first kappa shape index (κ1) is 15.2. The van der Waals surface area contributed by atoms with Crippen LogP contribution < -0.4 is 0 Å². The standard InChI is InChI=1S/C14H15ClN2O2S2/c1-17-10(12(15)19)7-21-14(17)9-6-20-13(16-9)8-4-2-3-5-11(8)18/h2-5,9-10,14,18H,6-7H2,1H3/t9-,10+,14+/m0/s1. The highest BCUT2D eigenvalue weighted by Gasteiger charge is 2.41. The maximum atomic E-state index is 11.4. The number of phenols is 1. The third-order valence-corrected chi connectivity index (χ3v) is 6.57. The zero-order chi connectivity index (χ0) is 15.0. The number of hydrogen-bond donors (Lipinski definition) is 1. The van der Waals surface area contributed by atoms with Crippen LogP contribution in [0.5, 0.6) is 5.75 Å². The Hall–Kier alpha value is -0.690. The zero-order valence-corrected chi connectivity index (χ0v) is 13.8. The number of para-hydroxylation sites is 1. The molecule has 2 heterocycles. The normalized spacial score (nSPS) is 29.6. The van der Waals surface area contributed by atoms with Gasteiger partial charge in [0.2, 0.25) is 5.24 Å². The highest BCUT2D eigenvalue weighted by atomic mass is 35.5. The molecule has 0 saturated carbocycles. The largest absolute Gasteiger partial charge is 0.507 e. The Labute approximate surface area is 136 Å². The van der Waals surface area contributed by atoms with Gasteiger partial charge in [-0.2, -0.15) is 0 Å². The van der Waals surface area contributed by atoms with E-state index in [0.717, 1.165) is 16.4 Å². The minimum Gasteiger partial charge on any atom is -0.507 e. The molecule has 1 aromatic carbocycles. The summed E-state index contributed by atoms with van der Waals surface area (Å²) in [5.41, 5.74) is 0.778. The summed E-state index contributed by atoms with van der Waals surface area (Å²) >= 11 is 9.00. The summed E-state index contributed by atoms with van der Waals surface area (Å²) in [6.45, 7) is 0. The molecular weight excluding hydrogens is 328 g/mol. The monoisotopic (exact) mass is 342 g/mol. The van der Waals surface area contributed by atoms with Gasteiger partial charge < -0.3 is 5.11 Å². The summed E-state index contributed by atoms with van der Waals surface area (Å²) in [4.78, 5) is 18.1. The van der Waals surface area contributed by atoms with E-state index in [1.165, 1.54) is 0 Å². The Kier molecular flexibility index (Phi) is 4.49. The molecule has 0 aliphatic carbocycles. The molecular formula is C14H15ClN2O2S2. The van der Waals surface area contributed by atoms with Crippen LogP contribution in [0.3, 0.4) is 0 Å². The number of hydrogen-bond acceptors (Lipinski definition) is 6. The van der Waals surface area contributed by atoms with Crippen LogP contribution in [-0.2, 0) is 4.79 Å². The first-order valence-corrected chi connectivity index (χ1v) is 9.01. The lowest BCUT2D eigenvalue weighted by atomic mass is 10.2. The van der Waals surface area contributed by atoms with Crippen LogP contribution in [0.1, 0.15) is 5.56 Å². The van der Waals surface area contributed by atoms with E-state index in [4.69, 9.17) is 16.6 Å². The second kappa shape index (κ2) is 6.20. The molecule has 1 fully saturated rings. The number of aliphatic imine (C=N–C) groups is 1. The molecule has 0 bridgehead atoms. The Bertz CT molecular complexity index is 596. The highest BCUT2D eigenvalue weighted by molar-refractivity contribution is 8.14. The second-order valence-electron chi connectivity index (χ2n) is 5.04. The number of benzene rings is 1. The van der Waals surface area contributed by atoms with Crippen LogP contribution in [0, 0.1) is 0 Å². The average molecular weight is 343 g/mol. The van der Waals surface area contributed by atoms with Gasteiger partial charge in [-0.05, 0) is 30.8 Å². The topological polar surface area (TPSA) is 52.9 Å². The van der Waals surface area contributed by atoms with Crippen molar-refractivity contribution in [2.45, 2.75) is 17.5 Å². The smallest absolute Gasteiger partial charge is 0.239 e. The van der Waals surface area contributed by atoms with Gasteiger partial charge in [-0.25, -0.2) is 0 Å². The van der Waals surface area contributed by atoms with Crippen molar-refractivity contribution in [1.82, 2.24) is 4.90 Å². The van der Waals surface area contributed by atoms with E-state index in [1.54, 1.807) is 35.7 Å². The van der Waals surface area contributed by atoms with Gasteiger partial charge in [0.05, 0.1) is 17.5 Å². The van der Waals surface area contributed by atoms with Crippen molar-refractivity contribution in [3.05, 3.63) is 29.8 Å². The first-order valence-electron chi connectivity index (χ1n) is 6.60. The Balaban J connectivity index is 1.78. The molecule has 0 aromatic heterocycles. The van der Waals surface area contributed by atoms with Gasteiger partial charge in [-0.15, -0.1) is 23.5 Å². The van der Waals surface area contributed by atoms with Gasteiger partial charge in [0.15, 0.2) is 0 Å². The molecule has 4 nitrogen and oxygen atoms in total. The summed E-state index contributed by atoms with van der Waals surface area (Å²) in [6, 6.07) is 7.12. The molecule has 7 heteroatoms. The Morgan fingerprint density at radius 2 is 2.19 bits per heavy atom. The fourth-order valence-corrected chi connectivity index (χ4v) is 5.64. The van der Waals surface area contributed by atoms with E-state index < -0.39 is 0 Å². The summed E-state index contributed by atoms with van der Waals surface area (Å²) < 4.78 is 0. The van der Waals surface area contributed by atoms with Crippen LogP contribution in [0.15, 0.2) is 29.3 Å². The molecule has 1 aromatic rings. The number of carbonyl (C=O) groups excluding carboxylic acids is 1. The average Bonchev–Trinajstić information content (AvgIpc) is 3.05. The number of rotatable bonds is 3. The molecule has 3 atom stereocenters. The van der Waals surface area contributed by atoms with Gasteiger partial charge in [0.25, 0.3) is 0 Å². The lowest BCUT2D eigenvalue weighted by Gasteiger charge is -2.25. The van der Waals surface area contributed by atoms with Crippen molar-refractivity contribution in [1.29, 1.82) is 0 Å². The van der Waals surface area contributed by atoms with E-state index in [-0.39, 0.29) is 28.4 Å². The van der Waals surface area contributed by atoms with Gasteiger partial charge in [-0.1, -0.05) is 12.1 Å². The third-order valence-electron chi connectivity index (χ3n) is 3.72. The third kappa shape index (κ3) is 2.95. The zero-order valence-electron chi connectivity index (χ0n) is 11.4. The van der Waals surface area contributed by atoms with E-state index in [9.17, 15) is 9.90 Å². The van der Waals surface area contributed by atoms with Crippen LogP contribution in [0.25, 0.3) is 0 Å². The van der Waals surface area contributed by atoms with E-state index in [2.05, 4.69) is 0 Å². The van der Waals surface area contributed by atoms with Crippen LogP contribution >= 0.6 is 35.1 Å². The molecule has 1 saturated heterocycles. The van der Waals surface area contributed by atoms with Gasteiger partial charge in [0, 0.05) is 17.1 Å². The Morgan fingerprint density at radius 3 is 2.86 bits per heavy atom. The van der Waals surface area contributed by atoms with Crippen molar-refractivity contribution >= 4 is 45.4 Å². The molecule has 3 rings (SSSR count). The summed E-state index contributed by atoms with van der Waals surface area (Å²) in [6.07, 6.45) is 0. The van der Waals surface area contributed by atoms with Gasteiger partial charge >= 0.3 is 0 Å². The predicted molar refractivity (Wildman–Crippen MR) is 89.5 cm³/mol. The highest BCUT2D eigenvalue weighted by Crippen LogP contribution is 2.37. The van der Waals surface area contributed by atoms with Crippen LogP contribution in [0.4, 0.5) is 0 Å². The number of phenolic OH excluding ortho intramolecular Hbond substituents is 1. The molecule has 0 unspecified atom stereocenters. The number of aromatic hydroxyl groups is 1. The van der Waals surface area contributed by atoms with E-state index >= 15 is 0 Å². The Morgan fingerprint density at radius 1 is 1.43 bits per heavy atom. The minimum absolute atomic E-state index is 0.112. The number of thioether (sulfide) groups is 2. The molecule has 0 radical (unpaired) electrons. The second-order valence-corrected chi connectivity index (χ2v) is 7.57. The number of carbonyl (C=O) groups is 1. The van der Waals surface area contributed by atoms with Crippen molar-refractivity contribution < 1.29 is 9.90 Å². The molecule has 21 heavy (non-hydrogen) atoms. The van der Waals surface area contributed by atoms with E-state index in [0.29, 0.717) is 5.75 Å². The molecule has 0 spiro atoms. The fraction of sp³-hybridized carbons (Fsp3) is 0.429. The molecule has 1 N–H and O–H groups in total. The lowest BCUT2D eigenvalue weighted by molar-refractivity contribution is -0.115. The molecule has 2 aliphatic rings. The fourth-order valence-electron chi connectivity index (χ4n) is 2.55. The summed E-state index contributed by atoms with van der Waals surface area (Å²) in [5.74, 6) is 1.83. The van der Waals surface area contributed by atoms with Gasteiger partial charge in [-0.3, -0.25) is 14.7 Å². The minimum atomic E-state index is -0.303. The van der Waals surface area contributed by atoms with Crippen molar-refractivity contribution in [3.8, 4) is 5.75 Å². The quantitative estimate of drug-likeness (QED) is 0.855. The van der Waals surface area contributed by atoms with E-state index in [1.807, 2.05) is 24.1 Å². The van der Waals surface area contributed by atoms with Crippen LogP contribution in [0.2, 0.25) is 0 Å². The van der Waals surface area contributed by atoms with Crippen LogP contribution in [-0.4, -0.2) is 56.3 Å². The summed E-state index contributed by atoms with van der Waals surface area (Å²) in [7, 11) is 1.92. The lowest BCUT2D eigenvalue weighted by Crippen LogP contribution is -2.41. The number of halogens is 1. The predicted octanol–water partition coefficient (Wildman–Crippen LogP) is 2.39. The number of nitrogens with zero attached hydrogens (tertiary/aromatic N) is 2. The first-order chi connectivity index (χ1) is 10.1. The maximum absolute atomic E-state index is 11.4. The maximum Gasteiger partial charge on any atom is 0.239 e. The van der Waals surface area contributed by atoms with Gasteiger partial charge in [0.1, 0.15) is 10.8 Å². The SMILES string of the molecule is CN1[C@@H](C(=O)Cl)CS[C@@H]1[C@@H]1CSC(c2ccccc2O)=N1. The molecule has 112 valence electrons.